The smallest absolute Gasteiger partial charge is 0.331 e. The minimum Gasteiger partial charge on any atom is -0.464 e. The molecule has 3 aromatic rings. The molecule has 0 aromatic heterocycles. The third-order valence-electron chi connectivity index (χ3n) is 4.64. The van der Waals surface area contributed by atoms with Gasteiger partial charge in [0.25, 0.3) is 0 Å². The van der Waals surface area contributed by atoms with Crippen molar-refractivity contribution in [2.24, 2.45) is 0 Å². The van der Waals surface area contributed by atoms with Gasteiger partial charge in [0.15, 0.2) is 11.8 Å². The molecule has 3 aromatic carbocycles. The maximum atomic E-state index is 13.3. The number of nitrogens with zero attached hydrogens (tertiary/aromatic N) is 1. The molecular weight excluding hydrogens is 362 g/mol. The Balaban J connectivity index is 1.98. The Hall–Kier alpha value is -3.24. The summed E-state index contributed by atoms with van der Waals surface area (Å²) < 4.78 is 5.30. The van der Waals surface area contributed by atoms with Crippen LogP contribution in [-0.4, -0.2) is 29.3 Å². The number of esters is 1. The number of hydrogen-bond donors (Lipinski definition) is 0. The fourth-order valence-electron chi connectivity index (χ4n) is 3.28. The first-order valence-corrected chi connectivity index (χ1v) is 9.77. The highest BCUT2D eigenvalue weighted by molar-refractivity contribution is 6.12. The van der Waals surface area contributed by atoms with Crippen LogP contribution in [-0.2, 0) is 22.6 Å². The zero-order chi connectivity index (χ0) is 20.5. The highest BCUT2D eigenvalue weighted by Gasteiger charge is 2.35. The number of hydrogen-bond acceptors (Lipinski definition) is 4. The maximum absolute atomic E-state index is 13.3. The lowest BCUT2D eigenvalue weighted by molar-refractivity contribution is -0.148. The SMILES string of the molecule is CCOC(=O)C(C(=O)c1ccccc1)N(Cc1ccccc1)Cc1ccccc1. The van der Waals surface area contributed by atoms with Crippen LogP contribution in [0.3, 0.4) is 0 Å². The molecule has 0 radical (unpaired) electrons. The Morgan fingerprint density at radius 1 is 0.759 bits per heavy atom. The molecule has 148 valence electrons. The summed E-state index contributed by atoms with van der Waals surface area (Å²) in [5.41, 5.74) is 2.55. The van der Waals surface area contributed by atoms with Crippen LogP contribution in [0.15, 0.2) is 91.0 Å². The van der Waals surface area contributed by atoms with Crippen molar-refractivity contribution in [3.63, 3.8) is 0 Å². The quantitative estimate of drug-likeness (QED) is 0.308. The van der Waals surface area contributed by atoms with Gasteiger partial charge in [-0.05, 0) is 18.1 Å². The minimum absolute atomic E-state index is 0.224. The molecule has 0 saturated carbocycles. The van der Waals surface area contributed by atoms with Crippen LogP contribution in [0.5, 0.6) is 0 Å². The molecular formula is C25H25NO3. The topological polar surface area (TPSA) is 46.6 Å². The summed E-state index contributed by atoms with van der Waals surface area (Å²) in [5.74, 6) is -0.774. The van der Waals surface area contributed by atoms with Crippen LogP contribution in [0.25, 0.3) is 0 Å². The number of rotatable bonds is 9. The van der Waals surface area contributed by atoms with Crippen LogP contribution >= 0.6 is 0 Å². The Morgan fingerprint density at radius 2 is 1.21 bits per heavy atom. The number of ether oxygens (including phenoxy) is 1. The number of ketones is 1. The fraction of sp³-hybridized carbons (Fsp3) is 0.200. The number of benzene rings is 3. The molecule has 0 aliphatic heterocycles. The molecule has 0 spiro atoms. The molecule has 3 rings (SSSR count). The lowest BCUT2D eigenvalue weighted by Gasteiger charge is -2.29. The van der Waals surface area contributed by atoms with E-state index >= 15 is 0 Å². The molecule has 1 unspecified atom stereocenters. The third-order valence-corrected chi connectivity index (χ3v) is 4.64. The van der Waals surface area contributed by atoms with Crippen molar-refractivity contribution in [3.8, 4) is 0 Å². The highest BCUT2D eigenvalue weighted by Crippen LogP contribution is 2.18. The van der Waals surface area contributed by atoms with Gasteiger partial charge in [0.2, 0.25) is 0 Å². The molecule has 0 amide bonds. The van der Waals surface area contributed by atoms with Crippen molar-refractivity contribution >= 4 is 11.8 Å². The van der Waals surface area contributed by atoms with E-state index in [1.54, 1.807) is 31.2 Å². The lowest BCUT2D eigenvalue weighted by atomic mass is 10.0. The predicted octanol–water partition coefficient (Wildman–Crippen LogP) is 4.50. The van der Waals surface area contributed by atoms with E-state index in [9.17, 15) is 9.59 Å². The summed E-state index contributed by atoms with van der Waals surface area (Å²) in [6, 6.07) is 27.6. The van der Waals surface area contributed by atoms with Crippen molar-refractivity contribution in [1.82, 2.24) is 4.90 Å². The van der Waals surface area contributed by atoms with E-state index in [0.717, 1.165) is 11.1 Å². The zero-order valence-electron chi connectivity index (χ0n) is 16.5. The van der Waals surface area contributed by atoms with Crippen molar-refractivity contribution in [1.29, 1.82) is 0 Å². The Morgan fingerprint density at radius 3 is 1.66 bits per heavy atom. The molecule has 0 aliphatic rings. The summed E-state index contributed by atoms with van der Waals surface area (Å²) in [5, 5.41) is 0. The Kier molecular flexibility index (Phi) is 7.31. The standard InChI is InChI=1S/C25H25NO3/c1-2-29-25(28)23(24(27)22-16-10-5-11-17-22)26(18-20-12-6-3-7-13-20)19-21-14-8-4-9-15-21/h3-17,23H,2,18-19H2,1H3. The van der Waals surface area contributed by atoms with Gasteiger partial charge in [-0.15, -0.1) is 0 Å². The molecule has 4 nitrogen and oxygen atoms in total. The minimum atomic E-state index is -1.02. The van der Waals surface area contributed by atoms with Crippen molar-refractivity contribution < 1.29 is 14.3 Å². The predicted molar refractivity (Wildman–Crippen MR) is 113 cm³/mol. The summed E-state index contributed by atoms with van der Waals surface area (Å²) >= 11 is 0. The second kappa shape index (κ2) is 10.3. The van der Waals surface area contributed by atoms with E-state index in [1.165, 1.54) is 0 Å². The summed E-state index contributed by atoms with van der Waals surface area (Å²) in [6.45, 7) is 2.89. The Labute approximate surface area is 171 Å². The second-order valence-corrected chi connectivity index (χ2v) is 6.76. The van der Waals surface area contributed by atoms with Gasteiger partial charge in [-0.25, -0.2) is 4.79 Å². The van der Waals surface area contributed by atoms with Crippen LogP contribution in [0, 0.1) is 0 Å². The van der Waals surface area contributed by atoms with E-state index in [1.807, 2.05) is 71.6 Å². The van der Waals surface area contributed by atoms with Gasteiger partial charge in [0.05, 0.1) is 6.61 Å². The van der Waals surface area contributed by atoms with E-state index in [-0.39, 0.29) is 12.4 Å². The molecule has 0 aliphatic carbocycles. The first-order valence-electron chi connectivity index (χ1n) is 9.77. The average Bonchev–Trinajstić information content (AvgIpc) is 2.76. The Bertz CT molecular complexity index is 869. The molecule has 0 heterocycles. The maximum Gasteiger partial charge on any atom is 0.331 e. The largest absolute Gasteiger partial charge is 0.464 e. The number of carbonyl (C=O) groups is 2. The van der Waals surface area contributed by atoms with Gasteiger partial charge in [0.1, 0.15) is 0 Å². The number of carbonyl (C=O) groups excluding carboxylic acids is 2. The summed E-state index contributed by atoms with van der Waals surface area (Å²) in [4.78, 5) is 28.1. The molecule has 0 bridgehead atoms. The van der Waals surface area contributed by atoms with Crippen molar-refractivity contribution in [2.75, 3.05) is 6.61 Å². The summed E-state index contributed by atoms with van der Waals surface area (Å²) in [7, 11) is 0. The molecule has 0 fully saturated rings. The van der Waals surface area contributed by atoms with Gasteiger partial charge >= 0.3 is 5.97 Å². The van der Waals surface area contributed by atoms with E-state index in [2.05, 4.69) is 0 Å². The monoisotopic (exact) mass is 387 g/mol. The average molecular weight is 387 g/mol. The van der Waals surface area contributed by atoms with E-state index < -0.39 is 12.0 Å². The lowest BCUT2D eigenvalue weighted by Crippen LogP contribution is -2.47. The fourth-order valence-corrected chi connectivity index (χ4v) is 3.28. The van der Waals surface area contributed by atoms with E-state index in [4.69, 9.17) is 4.74 Å². The molecule has 0 N–H and O–H groups in total. The van der Waals surface area contributed by atoms with Gasteiger partial charge in [-0.3, -0.25) is 9.69 Å². The van der Waals surface area contributed by atoms with Gasteiger partial charge in [0, 0.05) is 18.7 Å². The highest BCUT2D eigenvalue weighted by atomic mass is 16.5. The number of Topliss-reactive ketones (excluding diaryl/α,β-unsaturated/α-hetero) is 1. The first-order chi connectivity index (χ1) is 14.2. The van der Waals surface area contributed by atoms with Crippen LogP contribution in [0.1, 0.15) is 28.4 Å². The van der Waals surface area contributed by atoms with Crippen molar-refractivity contribution in [3.05, 3.63) is 108 Å². The molecule has 1 atom stereocenters. The summed E-state index contributed by atoms with van der Waals surface area (Å²) in [6.07, 6.45) is 0. The second-order valence-electron chi connectivity index (χ2n) is 6.76. The van der Waals surface area contributed by atoms with Crippen LogP contribution in [0.4, 0.5) is 0 Å². The third kappa shape index (κ3) is 5.62. The van der Waals surface area contributed by atoms with Crippen LogP contribution < -0.4 is 0 Å². The molecule has 0 saturated heterocycles. The van der Waals surface area contributed by atoms with Crippen LogP contribution in [0.2, 0.25) is 0 Å². The van der Waals surface area contributed by atoms with Gasteiger partial charge in [-0.1, -0.05) is 91.0 Å². The molecule has 4 heteroatoms. The van der Waals surface area contributed by atoms with Crippen molar-refractivity contribution in [2.45, 2.75) is 26.1 Å². The van der Waals surface area contributed by atoms with Gasteiger partial charge in [-0.2, -0.15) is 0 Å². The normalized spacial score (nSPS) is 11.8. The molecule has 29 heavy (non-hydrogen) atoms. The zero-order valence-corrected chi connectivity index (χ0v) is 16.5. The van der Waals surface area contributed by atoms with E-state index in [0.29, 0.717) is 18.7 Å². The first kappa shape index (κ1) is 20.5. The van der Waals surface area contributed by atoms with Gasteiger partial charge < -0.3 is 4.74 Å².